The number of thiophene rings is 1. The van der Waals surface area contributed by atoms with Gasteiger partial charge in [0.2, 0.25) is 0 Å². The van der Waals surface area contributed by atoms with Gasteiger partial charge in [-0.1, -0.05) is 5.16 Å². The lowest BCUT2D eigenvalue weighted by atomic mass is 9.96. The van der Waals surface area contributed by atoms with Crippen LogP contribution in [-0.4, -0.2) is 10.1 Å². The Kier molecular flexibility index (Phi) is 1.97. The SMILES string of the molecule is Cc1nc2sc3c(c2c2onc(N)c12)CCCC3. The van der Waals surface area contributed by atoms with E-state index in [0.29, 0.717) is 5.82 Å². The molecule has 3 aromatic heterocycles. The van der Waals surface area contributed by atoms with E-state index < -0.39 is 0 Å². The second-order valence-electron chi connectivity index (χ2n) is 4.86. The van der Waals surface area contributed by atoms with Crippen molar-refractivity contribution < 1.29 is 4.52 Å². The molecule has 3 aromatic rings. The summed E-state index contributed by atoms with van der Waals surface area (Å²) in [5, 5.41) is 5.94. The minimum atomic E-state index is 0.452. The fourth-order valence-corrected chi connectivity index (χ4v) is 4.20. The summed E-state index contributed by atoms with van der Waals surface area (Å²) < 4.78 is 5.46. The van der Waals surface area contributed by atoms with Crippen molar-refractivity contribution in [1.29, 1.82) is 0 Å². The fourth-order valence-electron chi connectivity index (χ4n) is 2.90. The van der Waals surface area contributed by atoms with Crippen molar-refractivity contribution in [3.63, 3.8) is 0 Å². The summed E-state index contributed by atoms with van der Waals surface area (Å²) in [6.45, 7) is 1.97. The first kappa shape index (κ1) is 10.3. The predicted molar refractivity (Wildman–Crippen MR) is 73.0 cm³/mol. The van der Waals surface area contributed by atoms with Gasteiger partial charge in [-0.05, 0) is 38.2 Å². The third-order valence-electron chi connectivity index (χ3n) is 3.73. The Morgan fingerprint density at radius 2 is 2.06 bits per heavy atom. The van der Waals surface area contributed by atoms with E-state index in [1.54, 1.807) is 11.3 Å². The molecule has 0 amide bonds. The minimum Gasteiger partial charge on any atom is -0.380 e. The molecule has 0 aliphatic heterocycles. The third kappa shape index (κ3) is 1.20. The summed E-state index contributed by atoms with van der Waals surface area (Å²) in [6, 6.07) is 0. The first-order valence-electron chi connectivity index (χ1n) is 6.21. The number of hydrogen-bond donors (Lipinski definition) is 1. The molecule has 0 radical (unpaired) electrons. The third-order valence-corrected chi connectivity index (χ3v) is 4.92. The Hall–Kier alpha value is -1.62. The highest BCUT2D eigenvalue weighted by atomic mass is 32.1. The Morgan fingerprint density at radius 1 is 1.22 bits per heavy atom. The molecule has 5 heteroatoms. The molecule has 4 rings (SSSR count). The van der Waals surface area contributed by atoms with Gasteiger partial charge in [-0.2, -0.15) is 0 Å². The van der Waals surface area contributed by atoms with Crippen LogP contribution in [0.4, 0.5) is 5.82 Å². The molecule has 0 bridgehead atoms. The van der Waals surface area contributed by atoms with Crippen molar-refractivity contribution in [3.8, 4) is 0 Å². The highest BCUT2D eigenvalue weighted by Crippen LogP contribution is 2.40. The molecular formula is C13H13N3OS. The standard InChI is InChI=1S/C13H13N3OS/c1-6-9-11(17-16-12(9)14)10-7-4-2-3-5-8(7)18-13(10)15-6/h2-5H2,1H3,(H2,14,16). The molecule has 0 saturated carbocycles. The van der Waals surface area contributed by atoms with Crippen molar-refractivity contribution in [2.75, 3.05) is 5.73 Å². The molecular weight excluding hydrogens is 246 g/mol. The zero-order valence-corrected chi connectivity index (χ0v) is 10.9. The lowest BCUT2D eigenvalue weighted by molar-refractivity contribution is 0.462. The van der Waals surface area contributed by atoms with Crippen molar-refractivity contribution in [2.24, 2.45) is 0 Å². The molecule has 1 aliphatic rings. The van der Waals surface area contributed by atoms with E-state index in [1.807, 2.05) is 6.92 Å². The van der Waals surface area contributed by atoms with Crippen LogP contribution < -0.4 is 5.73 Å². The van der Waals surface area contributed by atoms with Gasteiger partial charge in [0.25, 0.3) is 0 Å². The second-order valence-corrected chi connectivity index (χ2v) is 5.94. The van der Waals surface area contributed by atoms with Crippen LogP contribution in [0.1, 0.15) is 29.0 Å². The number of hydrogen-bond acceptors (Lipinski definition) is 5. The molecule has 4 nitrogen and oxygen atoms in total. The highest BCUT2D eigenvalue weighted by molar-refractivity contribution is 7.19. The summed E-state index contributed by atoms with van der Waals surface area (Å²) in [6.07, 6.45) is 4.81. The van der Waals surface area contributed by atoms with Gasteiger partial charge in [-0.25, -0.2) is 4.98 Å². The van der Waals surface area contributed by atoms with Gasteiger partial charge in [-0.3, -0.25) is 0 Å². The van der Waals surface area contributed by atoms with Gasteiger partial charge >= 0.3 is 0 Å². The number of pyridine rings is 1. The average Bonchev–Trinajstić information content (AvgIpc) is 2.90. The smallest absolute Gasteiger partial charge is 0.181 e. The molecule has 2 N–H and O–H groups in total. The zero-order chi connectivity index (χ0) is 12.3. The minimum absolute atomic E-state index is 0.452. The van der Waals surface area contributed by atoms with E-state index in [4.69, 9.17) is 10.3 Å². The Labute approximate surface area is 108 Å². The van der Waals surface area contributed by atoms with Gasteiger partial charge < -0.3 is 10.3 Å². The van der Waals surface area contributed by atoms with E-state index in [1.165, 1.54) is 29.7 Å². The predicted octanol–water partition coefficient (Wildman–Crippen LogP) is 3.21. The summed E-state index contributed by atoms with van der Waals surface area (Å²) >= 11 is 1.80. The van der Waals surface area contributed by atoms with Crippen LogP contribution in [0.15, 0.2) is 4.52 Å². The first-order chi connectivity index (χ1) is 8.75. The molecule has 0 spiro atoms. The molecule has 18 heavy (non-hydrogen) atoms. The van der Waals surface area contributed by atoms with Gasteiger partial charge in [0.05, 0.1) is 16.5 Å². The summed E-state index contributed by atoms with van der Waals surface area (Å²) in [5.74, 6) is 0.452. The van der Waals surface area contributed by atoms with Crippen LogP contribution in [0.5, 0.6) is 0 Å². The number of anilines is 1. The molecule has 92 valence electrons. The van der Waals surface area contributed by atoms with Crippen LogP contribution in [0.3, 0.4) is 0 Å². The van der Waals surface area contributed by atoms with Gasteiger partial charge in [0, 0.05) is 4.88 Å². The quantitative estimate of drug-likeness (QED) is 0.673. The van der Waals surface area contributed by atoms with Crippen LogP contribution in [0.25, 0.3) is 21.2 Å². The zero-order valence-electron chi connectivity index (χ0n) is 10.1. The van der Waals surface area contributed by atoms with Gasteiger partial charge in [0.15, 0.2) is 11.4 Å². The second kappa shape index (κ2) is 3.45. The molecule has 1 aliphatic carbocycles. The van der Waals surface area contributed by atoms with Crippen LogP contribution in [0, 0.1) is 6.92 Å². The summed E-state index contributed by atoms with van der Waals surface area (Å²) in [7, 11) is 0. The fraction of sp³-hybridized carbons (Fsp3) is 0.385. The number of fused-ring (bicyclic) bond motifs is 5. The van der Waals surface area contributed by atoms with Crippen molar-refractivity contribution >= 4 is 38.3 Å². The molecule has 0 fully saturated rings. The molecule has 0 aromatic carbocycles. The Bertz CT molecular complexity index is 772. The van der Waals surface area contributed by atoms with Crippen LogP contribution in [-0.2, 0) is 12.8 Å². The molecule has 0 saturated heterocycles. The van der Waals surface area contributed by atoms with Crippen LogP contribution in [0.2, 0.25) is 0 Å². The maximum atomic E-state index is 5.87. The van der Waals surface area contributed by atoms with Crippen molar-refractivity contribution in [2.45, 2.75) is 32.6 Å². The van der Waals surface area contributed by atoms with Crippen molar-refractivity contribution in [1.82, 2.24) is 10.1 Å². The topological polar surface area (TPSA) is 64.9 Å². The number of aryl methyl sites for hydroxylation is 3. The molecule has 0 atom stereocenters. The Morgan fingerprint density at radius 3 is 2.94 bits per heavy atom. The number of nitrogens with zero attached hydrogens (tertiary/aromatic N) is 2. The number of rotatable bonds is 0. The molecule has 3 heterocycles. The molecule has 0 unspecified atom stereocenters. The number of aromatic nitrogens is 2. The first-order valence-corrected chi connectivity index (χ1v) is 7.03. The van der Waals surface area contributed by atoms with Crippen LogP contribution >= 0.6 is 11.3 Å². The number of nitrogen functional groups attached to an aromatic ring is 1. The summed E-state index contributed by atoms with van der Waals surface area (Å²) in [4.78, 5) is 7.22. The van der Waals surface area contributed by atoms with E-state index in [9.17, 15) is 0 Å². The van der Waals surface area contributed by atoms with E-state index in [0.717, 1.165) is 33.3 Å². The van der Waals surface area contributed by atoms with Gasteiger partial charge in [0.1, 0.15) is 4.83 Å². The normalized spacial score (nSPS) is 15.4. The highest BCUT2D eigenvalue weighted by Gasteiger charge is 2.22. The summed E-state index contributed by atoms with van der Waals surface area (Å²) in [5.41, 5.74) is 9.02. The largest absolute Gasteiger partial charge is 0.380 e. The Balaban J connectivity index is 2.22. The van der Waals surface area contributed by atoms with Gasteiger partial charge in [-0.15, -0.1) is 11.3 Å². The van der Waals surface area contributed by atoms with E-state index in [-0.39, 0.29) is 0 Å². The maximum Gasteiger partial charge on any atom is 0.181 e. The van der Waals surface area contributed by atoms with E-state index in [2.05, 4.69) is 10.1 Å². The van der Waals surface area contributed by atoms with Crippen molar-refractivity contribution in [3.05, 3.63) is 16.1 Å². The average molecular weight is 259 g/mol. The lowest BCUT2D eigenvalue weighted by Crippen LogP contribution is -1.98. The van der Waals surface area contributed by atoms with E-state index >= 15 is 0 Å². The number of nitrogens with two attached hydrogens (primary N) is 1. The maximum absolute atomic E-state index is 5.87. The monoisotopic (exact) mass is 259 g/mol. The lowest BCUT2D eigenvalue weighted by Gasteiger charge is -2.09.